The summed E-state index contributed by atoms with van der Waals surface area (Å²) in [6, 6.07) is 0. The number of hydrogen-bond acceptors (Lipinski definition) is 6. The minimum Gasteiger partial charge on any atom is -0.462 e. The molecule has 0 radical (unpaired) electrons. The lowest BCUT2D eigenvalue weighted by Crippen LogP contribution is -2.29. The molecule has 0 aliphatic carbocycles. The molecule has 0 rings (SSSR count). The van der Waals surface area contributed by atoms with E-state index in [2.05, 4.69) is 60.1 Å². The summed E-state index contributed by atoms with van der Waals surface area (Å²) < 4.78 is 25.6. The summed E-state index contributed by atoms with van der Waals surface area (Å²) in [7, 11) is -4.72. The van der Waals surface area contributed by atoms with E-state index in [1.165, 1.54) is 25.7 Å². The molecule has 8 nitrogen and oxygen atoms in total. The van der Waals surface area contributed by atoms with Gasteiger partial charge in [0, 0.05) is 12.8 Å². The van der Waals surface area contributed by atoms with E-state index in [4.69, 9.17) is 19.3 Å². The highest BCUT2D eigenvalue weighted by Crippen LogP contribution is 2.35. The van der Waals surface area contributed by atoms with Crippen LogP contribution in [0.4, 0.5) is 0 Å². The predicted molar refractivity (Wildman–Crippen MR) is 161 cm³/mol. The Balaban J connectivity index is 3.78. The van der Waals surface area contributed by atoms with Gasteiger partial charge in [0.15, 0.2) is 6.10 Å². The van der Waals surface area contributed by atoms with Crippen LogP contribution in [0.3, 0.4) is 0 Å². The molecule has 0 saturated heterocycles. The van der Waals surface area contributed by atoms with Crippen molar-refractivity contribution in [2.45, 2.75) is 123 Å². The maximum Gasteiger partial charge on any atom is 0.469 e. The summed E-state index contributed by atoms with van der Waals surface area (Å²) in [6.45, 7) is 3.12. The van der Waals surface area contributed by atoms with Crippen LogP contribution in [0.1, 0.15) is 117 Å². The molecule has 0 heterocycles. The first kappa shape index (κ1) is 38.0. The number of unbranched alkanes of at least 4 members (excludes halogenated alkanes) is 8. The summed E-state index contributed by atoms with van der Waals surface area (Å²) in [5, 5.41) is 0. The fourth-order valence-corrected chi connectivity index (χ4v) is 4.05. The van der Waals surface area contributed by atoms with Crippen LogP contribution in [0, 0.1) is 0 Å². The largest absolute Gasteiger partial charge is 0.469 e. The molecule has 0 bridgehead atoms. The molecule has 0 aromatic carbocycles. The number of hydrogen-bond donors (Lipinski definition) is 2. The van der Waals surface area contributed by atoms with Crippen LogP contribution in [0.15, 0.2) is 48.6 Å². The molecule has 0 aromatic heterocycles. The maximum absolute atomic E-state index is 12.1. The molecule has 0 amide bonds. The Kier molecular flexibility index (Phi) is 25.8. The van der Waals surface area contributed by atoms with Crippen LogP contribution in [-0.2, 0) is 28.2 Å². The van der Waals surface area contributed by atoms with Crippen molar-refractivity contribution in [1.82, 2.24) is 0 Å². The first-order chi connectivity index (χ1) is 19.3. The number of rotatable bonds is 26. The smallest absolute Gasteiger partial charge is 0.462 e. The number of carbonyl (C=O) groups is 2. The van der Waals surface area contributed by atoms with Crippen LogP contribution >= 0.6 is 7.82 Å². The number of carbonyl (C=O) groups excluding carboxylic acids is 2. The van der Waals surface area contributed by atoms with Gasteiger partial charge in [-0.15, -0.1) is 0 Å². The lowest BCUT2D eigenvalue weighted by molar-refractivity contribution is -0.161. The SMILES string of the molecule is CC/C=C\C/C=C\C/C=C\C/C=C\CCCCCCCCCCC(=O)OC(COC(=O)CCC)COP(=O)(O)O. The van der Waals surface area contributed by atoms with Crippen molar-refractivity contribution < 1.29 is 37.9 Å². The molecule has 0 fully saturated rings. The standard InChI is InChI=1S/C31H53O8P/c1-3-5-6-7-8-9-10-11-12-13-14-15-16-17-18-19-20-21-22-23-24-26-31(33)39-29(28-38-40(34,35)36)27-37-30(32)25-4-2/h5-6,8-9,11-12,14-15,29H,3-4,7,10,13,16-28H2,1-2H3,(H2,34,35,36)/b6-5-,9-8-,12-11-,15-14-. The Morgan fingerprint density at radius 3 is 1.75 bits per heavy atom. The molecule has 0 spiro atoms. The minimum atomic E-state index is -4.72. The van der Waals surface area contributed by atoms with Gasteiger partial charge in [-0.3, -0.25) is 14.1 Å². The van der Waals surface area contributed by atoms with E-state index in [0.29, 0.717) is 12.8 Å². The zero-order valence-electron chi connectivity index (χ0n) is 24.7. The van der Waals surface area contributed by atoms with E-state index in [0.717, 1.165) is 51.4 Å². The van der Waals surface area contributed by atoms with Gasteiger partial charge in [0.2, 0.25) is 0 Å². The van der Waals surface area contributed by atoms with Gasteiger partial charge in [-0.2, -0.15) is 0 Å². The first-order valence-corrected chi connectivity index (χ1v) is 16.5. The van der Waals surface area contributed by atoms with Crippen molar-refractivity contribution >= 4 is 19.8 Å². The number of allylic oxidation sites excluding steroid dienone is 8. The zero-order chi connectivity index (χ0) is 29.7. The second-order valence-electron chi connectivity index (χ2n) is 9.70. The third kappa shape index (κ3) is 29.0. The Hall–Kier alpha value is -1.99. The molecule has 9 heteroatoms. The van der Waals surface area contributed by atoms with Crippen LogP contribution in [0.25, 0.3) is 0 Å². The normalized spacial score (nSPS) is 13.2. The van der Waals surface area contributed by atoms with Crippen molar-refractivity contribution in [3.63, 3.8) is 0 Å². The third-order valence-corrected chi connectivity index (χ3v) is 6.32. The Morgan fingerprint density at radius 1 is 0.675 bits per heavy atom. The molecular weight excluding hydrogens is 531 g/mol. The van der Waals surface area contributed by atoms with E-state index < -0.39 is 32.5 Å². The quantitative estimate of drug-likeness (QED) is 0.0453. The minimum absolute atomic E-state index is 0.199. The number of phosphoric ester groups is 1. The highest BCUT2D eigenvalue weighted by Gasteiger charge is 2.22. The summed E-state index contributed by atoms with van der Waals surface area (Å²) in [5.74, 6) is -0.962. The van der Waals surface area contributed by atoms with Crippen molar-refractivity contribution in [3.8, 4) is 0 Å². The van der Waals surface area contributed by atoms with Crippen LogP contribution in [0.2, 0.25) is 0 Å². The zero-order valence-corrected chi connectivity index (χ0v) is 25.6. The predicted octanol–water partition coefficient (Wildman–Crippen LogP) is 8.06. The fraction of sp³-hybridized carbons (Fsp3) is 0.677. The summed E-state index contributed by atoms with van der Waals surface area (Å²) in [4.78, 5) is 41.4. The lowest BCUT2D eigenvalue weighted by Gasteiger charge is -2.18. The van der Waals surface area contributed by atoms with Gasteiger partial charge in [-0.05, 0) is 51.4 Å². The van der Waals surface area contributed by atoms with Crippen LogP contribution in [-0.4, -0.2) is 41.0 Å². The van der Waals surface area contributed by atoms with Gasteiger partial charge >= 0.3 is 19.8 Å². The molecule has 0 aromatic rings. The van der Waals surface area contributed by atoms with Crippen molar-refractivity contribution in [2.75, 3.05) is 13.2 Å². The molecule has 1 unspecified atom stereocenters. The summed E-state index contributed by atoms with van der Waals surface area (Å²) in [6.07, 6.45) is 31.5. The monoisotopic (exact) mass is 584 g/mol. The van der Waals surface area contributed by atoms with E-state index in [-0.39, 0.29) is 19.4 Å². The Labute approximate surface area is 242 Å². The second kappa shape index (κ2) is 27.2. The van der Waals surface area contributed by atoms with Gasteiger partial charge in [-0.25, -0.2) is 4.57 Å². The molecule has 0 aliphatic rings. The lowest BCUT2D eigenvalue weighted by atomic mass is 10.1. The van der Waals surface area contributed by atoms with E-state index in [9.17, 15) is 14.2 Å². The van der Waals surface area contributed by atoms with Gasteiger partial charge in [-0.1, -0.05) is 101 Å². The maximum atomic E-state index is 12.1. The molecule has 0 saturated carbocycles. The van der Waals surface area contributed by atoms with Crippen LogP contribution < -0.4 is 0 Å². The Bertz CT molecular complexity index is 797. The summed E-state index contributed by atoms with van der Waals surface area (Å²) in [5.41, 5.74) is 0. The molecular formula is C31H53O8P. The Morgan fingerprint density at radius 2 is 1.20 bits per heavy atom. The highest BCUT2D eigenvalue weighted by molar-refractivity contribution is 7.46. The third-order valence-electron chi connectivity index (χ3n) is 5.83. The fourth-order valence-electron chi connectivity index (χ4n) is 3.69. The highest BCUT2D eigenvalue weighted by atomic mass is 31.2. The molecule has 40 heavy (non-hydrogen) atoms. The van der Waals surface area contributed by atoms with Gasteiger partial charge < -0.3 is 19.3 Å². The molecule has 2 N–H and O–H groups in total. The van der Waals surface area contributed by atoms with Gasteiger partial charge in [0.05, 0.1) is 6.61 Å². The molecule has 230 valence electrons. The van der Waals surface area contributed by atoms with E-state index >= 15 is 0 Å². The van der Waals surface area contributed by atoms with Crippen LogP contribution in [0.5, 0.6) is 0 Å². The van der Waals surface area contributed by atoms with E-state index in [1.807, 2.05) is 6.92 Å². The second-order valence-corrected chi connectivity index (χ2v) is 10.9. The molecule has 0 aliphatic heterocycles. The van der Waals surface area contributed by atoms with Gasteiger partial charge in [0.25, 0.3) is 0 Å². The van der Waals surface area contributed by atoms with Crippen molar-refractivity contribution in [3.05, 3.63) is 48.6 Å². The van der Waals surface area contributed by atoms with Crippen molar-refractivity contribution in [1.29, 1.82) is 0 Å². The average Bonchev–Trinajstić information content (AvgIpc) is 2.90. The van der Waals surface area contributed by atoms with Crippen molar-refractivity contribution in [2.24, 2.45) is 0 Å². The number of esters is 2. The summed E-state index contributed by atoms with van der Waals surface area (Å²) >= 11 is 0. The first-order valence-electron chi connectivity index (χ1n) is 14.9. The average molecular weight is 585 g/mol. The molecule has 1 atom stereocenters. The number of phosphoric acid groups is 1. The topological polar surface area (TPSA) is 119 Å². The number of ether oxygens (including phenoxy) is 2. The van der Waals surface area contributed by atoms with E-state index in [1.54, 1.807) is 0 Å². The van der Waals surface area contributed by atoms with Gasteiger partial charge in [0.1, 0.15) is 6.61 Å².